The Morgan fingerprint density at radius 3 is 2.73 bits per heavy atom. The van der Waals surface area contributed by atoms with Crippen LogP contribution in [0.5, 0.6) is 0 Å². The molecule has 0 aliphatic carbocycles. The maximum atomic E-state index is 14.6. The molecule has 1 aliphatic rings. The van der Waals surface area contributed by atoms with Gasteiger partial charge in [-0.15, -0.1) is 0 Å². The lowest BCUT2D eigenvalue weighted by molar-refractivity contribution is 0.589. The second kappa shape index (κ2) is 7.68. The number of fused-ring (bicyclic) bond motifs is 1. The van der Waals surface area contributed by atoms with Crippen molar-refractivity contribution in [3.63, 3.8) is 0 Å². The third-order valence-electron chi connectivity index (χ3n) is 5.20. The summed E-state index contributed by atoms with van der Waals surface area (Å²) in [5.74, 6) is 0.402. The molecule has 9 heteroatoms. The highest BCUT2D eigenvalue weighted by atomic mass is 19.1. The number of aryl methyl sites for hydroxylation is 1. The summed E-state index contributed by atoms with van der Waals surface area (Å²) in [4.78, 5) is 19.6. The van der Waals surface area contributed by atoms with E-state index in [4.69, 9.17) is 0 Å². The SMILES string of the molecule is Cn1cc(-c2nc(Nc3ccc(N4CCNCC4)cn3)ncc2F)c2cccnc21. The molecule has 5 rings (SSSR count). The Morgan fingerprint density at radius 1 is 1.07 bits per heavy atom. The normalized spacial score (nSPS) is 14.3. The summed E-state index contributed by atoms with van der Waals surface area (Å²) in [6.45, 7) is 3.85. The van der Waals surface area contributed by atoms with Crippen molar-refractivity contribution >= 4 is 28.5 Å². The number of halogens is 1. The molecule has 0 radical (unpaired) electrons. The van der Waals surface area contributed by atoms with Gasteiger partial charge in [0, 0.05) is 56.6 Å². The summed E-state index contributed by atoms with van der Waals surface area (Å²) >= 11 is 0. The van der Waals surface area contributed by atoms with Crippen LogP contribution in [0.1, 0.15) is 0 Å². The van der Waals surface area contributed by atoms with Crippen LogP contribution >= 0.6 is 0 Å². The van der Waals surface area contributed by atoms with Crippen molar-refractivity contribution in [3.05, 3.63) is 54.9 Å². The van der Waals surface area contributed by atoms with E-state index in [1.54, 1.807) is 6.20 Å². The molecule has 0 unspecified atom stereocenters. The second-order valence-corrected chi connectivity index (χ2v) is 7.18. The number of anilines is 3. The van der Waals surface area contributed by atoms with Crippen LogP contribution in [-0.2, 0) is 7.05 Å². The fourth-order valence-corrected chi connectivity index (χ4v) is 3.70. The smallest absolute Gasteiger partial charge is 0.229 e. The molecule has 4 aromatic heterocycles. The minimum absolute atomic E-state index is 0.225. The quantitative estimate of drug-likeness (QED) is 0.541. The van der Waals surface area contributed by atoms with Crippen LogP contribution in [0.4, 0.5) is 21.8 Å². The summed E-state index contributed by atoms with van der Waals surface area (Å²) in [6, 6.07) is 7.63. The number of aromatic nitrogens is 5. The van der Waals surface area contributed by atoms with Gasteiger partial charge in [0.2, 0.25) is 5.95 Å². The van der Waals surface area contributed by atoms with Gasteiger partial charge in [-0.3, -0.25) is 0 Å². The second-order valence-electron chi connectivity index (χ2n) is 7.18. The molecule has 2 N–H and O–H groups in total. The van der Waals surface area contributed by atoms with Gasteiger partial charge < -0.3 is 20.1 Å². The van der Waals surface area contributed by atoms with Crippen molar-refractivity contribution in [3.8, 4) is 11.3 Å². The van der Waals surface area contributed by atoms with E-state index in [9.17, 15) is 4.39 Å². The highest BCUT2D eigenvalue weighted by Crippen LogP contribution is 2.30. The van der Waals surface area contributed by atoms with Gasteiger partial charge in [-0.2, -0.15) is 0 Å². The van der Waals surface area contributed by atoms with Gasteiger partial charge >= 0.3 is 0 Å². The lowest BCUT2D eigenvalue weighted by atomic mass is 10.1. The third kappa shape index (κ3) is 3.43. The molecule has 152 valence electrons. The number of nitrogens with one attached hydrogen (secondary N) is 2. The van der Waals surface area contributed by atoms with E-state index in [0.29, 0.717) is 11.4 Å². The molecule has 4 aromatic rings. The van der Waals surface area contributed by atoms with E-state index < -0.39 is 5.82 Å². The average Bonchev–Trinajstić information content (AvgIpc) is 3.13. The number of hydrogen-bond acceptors (Lipinski definition) is 7. The van der Waals surface area contributed by atoms with Gasteiger partial charge in [0.15, 0.2) is 5.82 Å². The Kier molecular flexibility index (Phi) is 4.72. The molecule has 8 nitrogen and oxygen atoms in total. The molecule has 0 atom stereocenters. The van der Waals surface area contributed by atoms with E-state index in [2.05, 4.69) is 35.5 Å². The Bertz CT molecular complexity index is 1180. The molecule has 0 aromatic carbocycles. The maximum Gasteiger partial charge on any atom is 0.229 e. The lowest BCUT2D eigenvalue weighted by Crippen LogP contribution is -2.43. The van der Waals surface area contributed by atoms with Gasteiger partial charge in [-0.25, -0.2) is 24.3 Å². The zero-order valence-corrected chi connectivity index (χ0v) is 16.5. The van der Waals surface area contributed by atoms with Crippen molar-refractivity contribution in [2.45, 2.75) is 0 Å². The topological polar surface area (TPSA) is 83.8 Å². The van der Waals surface area contributed by atoms with Crippen LogP contribution in [0.25, 0.3) is 22.3 Å². The first kappa shape index (κ1) is 18.4. The minimum Gasteiger partial charge on any atom is -0.368 e. The van der Waals surface area contributed by atoms with Crippen LogP contribution in [0.2, 0.25) is 0 Å². The Labute approximate surface area is 172 Å². The van der Waals surface area contributed by atoms with E-state index >= 15 is 0 Å². The summed E-state index contributed by atoms with van der Waals surface area (Å²) < 4.78 is 16.4. The van der Waals surface area contributed by atoms with Crippen LogP contribution in [0.3, 0.4) is 0 Å². The van der Waals surface area contributed by atoms with Crippen molar-refractivity contribution in [1.29, 1.82) is 0 Å². The maximum absolute atomic E-state index is 14.6. The summed E-state index contributed by atoms with van der Waals surface area (Å²) in [5, 5.41) is 7.25. The Morgan fingerprint density at radius 2 is 1.93 bits per heavy atom. The largest absolute Gasteiger partial charge is 0.368 e. The first-order valence-electron chi connectivity index (χ1n) is 9.81. The molecule has 1 saturated heterocycles. The van der Waals surface area contributed by atoms with E-state index in [1.807, 2.05) is 48.3 Å². The Hall–Kier alpha value is -3.59. The van der Waals surface area contributed by atoms with E-state index in [0.717, 1.165) is 42.9 Å². The number of rotatable bonds is 4. The first-order chi connectivity index (χ1) is 14.7. The predicted molar refractivity (Wildman–Crippen MR) is 114 cm³/mol. The Balaban J connectivity index is 1.42. The molecule has 5 heterocycles. The van der Waals surface area contributed by atoms with Crippen molar-refractivity contribution in [1.82, 2.24) is 29.8 Å². The summed E-state index contributed by atoms with van der Waals surface area (Å²) in [7, 11) is 1.88. The number of nitrogens with zero attached hydrogens (tertiary/aromatic N) is 6. The molecule has 0 bridgehead atoms. The molecule has 1 fully saturated rings. The highest BCUT2D eigenvalue weighted by molar-refractivity contribution is 5.93. The van der Waals surface area contributed by atoms with Gasteiger partial charge in [-0.1, -0.05) is 0 Å². The van der Waals surface area contributed by atoms with Crippen LogP contribution < -0.4 is 15.5 Å². The molecule has 0 saturated carbocycles. The van der Waals surface area contributed by atoms with Crippen LogP contribution in [0.15, 0.2) is 49.1 Å². The molecular formula is C21H21FN8. The average molecular weight is 404 g/mol. The van der Waals surface area contributed by atoms with E-state index in [-0.39, 0.29) is 11.6 Å². The zero-order chi connectivity index (χ0) is 20.5. The molecule has 30 heavy (non-hydrogen) atoms. The van der Waals surface area contributed by atoms with Crippen molar-refractivity contribution in [2.75, 3.05) is 36.4 Å². The molecular weight excluding hydrogens is 383 g/mol. The van der Waals surface area contributed by atoms with Gasteiger partial charge in [0.05, 0.1) is 18.1 Å². The zero-order valence-electron chi connectivity index (χ0n) is 16.5. The number of piperazine rings is 1. The standard InChI is InChI=1S/C21H21FN8/c1-29-13-16(15-3-2-6-24-20(15)29)19-17(22)12-26-21(28-19)27-18-5-4-14(11-25-18)30-9-7-23-8-10-30/h2-6,11-13,23H,7-10H2,1H3,(H,25,26,27,28). The van der Waals surface area contributed by atoms with Crippen molar-refractivity contribution < 1.29 is 4.39 Å². The van der Waals surface area contributed by atoms with Gasteiger partial charge in [-0.05, 0) is 24.3 Å². The minimum atomic E-state index is -0.487. The molecule has 0 amide bonds. The monoisotopic (exact) mass is 404 g/mol. The molecule has 1 aliphatic heterocycles. The van der Waals surface area contributed by atoms with Crippen LogP contribution in [-0.4, -0.2) is 50.7 Å². The summed E-state index contributed by atoms with van der Waals surface area (Å²) in [5.41, 5.74) is 2.74. The number of pyridine rings is 2. The van der Waals surface area contributed by atoms with Gasteiger partial charge in [0.25, 0.3) is 0 Å². The molecule has 0 spiro atoms. The fraction of sp³-hybridized carbons (Fsp3) is 0.238. The number of hydrogen-bond donors (Lipinski definition) is 2. The fourth-order valence-electron chi connectivity index (χ4n) is 3.70. The van der Waals surface area contributed by atoms with Crippen LogP contribution in [0, 0.1) is 5.82 Å². The van der Waals surface area contributed by atoms with E-state index in [1.165, 1.54) is 6.20 Å². The van der Waals surface area contributed by atoms with Gasteiger partial charge in [0.1, 0.15) is 17.2 Å². The highest BCUT2D eigenvalue weighted by Gasteiger charge is 2.16. The first-order valence-corrected chi connectivity index (χ1v) is 9.81. The third-order valence-corrected chi connectivity index (χ3v) is 5.20. The predicted octanol–water partition coefficient (Wildman–Crippen LogP) is 2.72. The van der Waals surface area contributed by atoms with Crippen molar-refractivity contribution in [2.24, 2.45) is 7.05 Å². The lowest BCUT2D eigenvalue weighted by Gasteiger charge is -2.29. The summed E-state index contributed by atoms with van der Waals surface area (Å²) in [6.07, 6.45) is 6.54.